The fraction of sp³-hybridized carbons (Fsp3) is 0.286. The second-order valence-corrected chi connectivity index (χ2v) is 10.5. The van der Waals surface area contributed by atoms with Crippen LogP contribution in [0.1, 0.15) is 24.0 Å². The Morgan fingerprint density at radius 3 is 2.52 bits per heavy atom. The van der Waals surface area contributed by atoms with Gasteiger partial charge in [0.1, 0.15) is 5.01 Å². The summed E-state index contributed by atoms with van der Waals surface area (Å²) < 4.78 is 25.9. The number of aromatic nitrogens is 2. The topological polar surface area (TPSA) is 92.3 Å². The third kappa shape index (κ3) is 6.25. The molecule has 0 aliphatic rings. The van der Waals surface area contributed by atoms with Crippen LogP contribution in [0.25, 0.3) is 10.6 Å². The summed E-state index contributed by atoms with van der Waals surface area (Å²) in [5.41, 5.74) is 3.39. The predicted octanol–water partition coefficient (Wildman–Crippen LogP) is 4.66. The molecule has 1 aromatic heterocycles. The van der Waals surface area contributed by atoms with Crippen molar-refractivity contribution in [2.24, 2.45) is 0 Å². The van der Waals surface area contributed by atoms with Gasteiger partial charge in [-0.05, 0) is 38.0 Å². The molecule has 2 aromatic carbocycles. The number of hydrogen-bond acceptors (Lipinski definition) is 6. The maximum Gasteiger partial charge on any atom is 0.232 e. The van der Waals surface area contributed by atoms with Crippen molar-refractivity contribution in [1.82, 2.24) is 10.2 Å². The van der Waals surface area contributed by atoms with E-state index in [1.165, 1.54) is 15.6 Å². The molecule has 0 spiro atoms. The van der Waals surface area contributed by atoms with Crippen LogP contribution in [-0.4, -0.2) is 37.3 Å². The number of carbonyl (C=O) groups is 1. The third-order valence-corrected chi connectivity index (χ3v) is 6.88. The first-order valence-electron chi connectivity index (χ1n) is 9.58. The number of carbonyl (C=O) groups excluding carboxylic acids is 1. The van der Waals surface area contributed by atoms with Crippen LogP contribution in [0, 0.1) is 13.8 Å². The highest BCUT2D eigenvalue weighted by atomic mass is 35.5. The van der Waals surface area contributed by atoms with E-state index in [9.17, 15) is 13.2 Å². The largest absolute Gasteiger partial charge is 0.301 e. The number of anilines is 2. The van der Waals surface area contributed by atoms with Gasteiger partial charge in [0.2, 0.25) is 21.1 Å². The molecule has 0 bridgehead atoms. The number of nitrogens with one attached hydrogen (secondary N) is 1. The number of halogens is 1. The molecule has 0 atom stereocenters. The average molecular weight is 479 g/mol. The first-order chi connectivity index (χ1) is 14.6. The van der Waals surface area contributed by atoms with E-state index in [0.717, 1.165) is 28.0 Å². The predicted molar refractivity (Wildman–Crippen MR) is 126 cm³/mol. The summed E-state index contributed by atoms with van der Waals surface area (Å²) in [7, 11) is -3.52. The zero-order valence-electron chi connectivity index (χ0n) is 17.4. The summed E-state index contributed by atoms with van der Waals surface area (Å²) in [6, 6.07) is 13.0. The summed E-state index contributed by atoms with van der Waals surface area (Å²) in [4.78, 5) is 12.3. The lowest BCUT2D eigenvalue weighted by Gasteiger charge is -2.24. The minimum atomic E-state index is -3.52. The maximum atomic E-state index is 12.3. The molecule has 0 unspecified atom stereocenters. The molecule has 7 nitrogen and oxygen atoms in total. The van der Waals surface area contributed by atoms with Gasteiger partial charge in [0.05, 0.1) is 11.9 Å². The van der Waals surface area contributed by atoms with E-state index in [4.69, 9.17) is 11.6 Å². The Morgan fingerprint density at radius 1 is 1.13 bits per heavy atom. The molecule has 1 N–H and O–H groups in total. The molecule has 0 radical (unpaired) electrons. The molecule has 0 aliphatic carbocycles. The Kier molecular flexibility index (Phi) is 7.30. The highest BCUT2D eigenvalue weighted by Gasteiger charge is 2.20. The number of sulfonamides is 1. The van der Waals surface area contributed by atoms with E-state index in [-0.39, 0.29) is 18.9 Å². The number of rotatable bonds is 8. The van der Waals surface area contributed by atoms with E-state index in [2.05, 4.69) is 15.5 Å². The van der Waals surface area contributed by atoms with E-state index in [1.54, 1.807) is 18.2 Å². The quantitative estimate of drug-likeness (QED) is 0.508. The van der Waals surface area contributed by atoms with Gasteiger partial charge in [-0.1, -0.05) is 58.8 Å². The number of amides is 1. The van der Waals surface area contributed by atoms with Gasteiger partial charge in [-0.15, -0.1) is 10.2 Å². The molecule has 0 saturated heterocycles. The standard InChI is InChI=1S/C21H23ClN4O3S2/c1-14-6-9-16(10-7-14)20-24-25-21(30-20)23-19(27)5-4-12-26(31(3,28)29)18-13-17(22)11-8-15(18)2/h6-11,13H,4-5,12H2,1-3H3,(H,23,25,27). The number of nitrogens with zero attached hydrogens (tertiary/aromatic N) is 3. The first kappa shape index (κ1) is 23.2. The fourth-order valence-electron chi connectivity index (χ4n) is 2.97. The molecule has 31 heavy (non-hydrogen) atoms. The maximum absolute atomic E-state index is 12.3. The highest BCUT2D eigenvalue weighted by Crippen LogP contribution is 2.28. The third-order valence-electron chi connectivity index (χ3n) is 4.58. The summed E-state index contributed by atoms with van der Waals surface area (Å²) in [5.74, 6) is -0.247. The van der Waals surface area contributed by atoms with Crippen molar-refractivity contribution in [1.29, 1.82) is 0 Å². The van der Waals surface area contributed by atoms with Crippen LogP contribution >= 0.6 is 22.9 Å². The zero-order chi connectivity index (χ0) is 22.6. The SMILES string of the molecule is Cc1ccc(-c2nnc(NC(=O)CCCN(c3cc(Cl)ccc3C)S(C)(=O)=O)s2)cc1. The van der Waals surface area contributed by atoms with Crippen molar-refractivity contribution in [3.05, 3.63) is 58.6 Å². The Morgan fingerprint density at radius 2 is 1.84 bits per heavy atom. The minimum absolute atomic E-state index is 0.144. The highest BCUT2D eigenvalue weighted by molar-refractivity contribution is 7.92. The first-order valence-corrected chi connectivity index (χ1v) is 12.6. The van der Waals surface area contributed by atoms with Gasteiger partial charge in [-0.3, -0.25) is 9.10 Å². The molecule has 1 amide bonds. The molecule has 3 aromatic rings. The van der Waals surface area contributed by atoms with Crippen molar-refractivity contribution in [2.75, 3.05) is 22.4 Å². The molecular formula is C21H23ClN4O3S2. The summed E-state index contributed by atoms with van der Waals surface area (Å²) in [5, 5.41) is 12.5. The van der Waals surface area contributed by atoms with Crippen molar-refractivity contribution < 1.29 is 13.2 Å². The molecule has 0 fully saturated rings. The molecule has 0 aliphatic heterocycles. The lowest BCUT2D eigenvalue weighted by atomic mass is 10.2. The second-order valence-electron chi connectivity index (χ2n) is 7.20. The van der Waals surface area contributed by atoms with Crippen LogP contribution in [0.4, 0.5) is 10.8 Å². The molecule has 10 heteroatoms. The van der Waals surface area contributed by atoms with Gasteiger partial charge >= 0.3 is 0 Å². The van der Waals surface area contributed by atoms with Crippen molar-refractivity contribution >= 4 is 49.7 Å². The molecule has 1 heterocycles. The van der Waals surface area contributed by atoms with Crippen molar-refractivity contribution in [3.63, 3.8) is 0 Å². The molecule has 164 valence electrons. The van der Waals surface area contributed by atoms with Crippen molar-refractivity contribution in [2.45, 2.75) is 26.7 Å². The van der Waals surface area contributed by atoms with Crippen LogP contribution in [0.5, 0.6) is 0 Å². The lowest BCUT2D eigenvalue weighted by Crippen LogP contribution is -2.32. The van der Waals surface area contributed by atoms with Crippen LogP contribution in [0.3, 0.4) is 0 Å². The van der Waals surface area contributed by atoms with E-state index < -0.39 is 10.0 Å². The van der Waals surface area contributed by atoms with Gasteiger partial charge in [0.25, 0.3) is 0 Å². The van der Waals surface area contributed by atoms with Gasteiger partial charge in [0, 0.05) is 23.6 Å². The Bertz CT molecular complexity index is 1180. The zero-order valence-corrected chi connectivity index (χ0v) is 19.8. The monoisotopic (exact) mass is 478 g/mol. The molecular weight excluding hydrogens is 456 g/mol. The van der Waals surface area contributed by atoms with Crippen molar-refractivity contribution in [3.8, 4) is 10.6 Å². The molecule has 3 rings (SSSR count). The van der Waals surface area contributed by atoms with Crippen LogP contribution < -0.4 is 9.62 Å². The Hall–Kier alpha value is -2.49. The van der Waals surface area contributed by atoms with Crippen LogP contribution in [-0.2, 0) is 14.8 Å². The fourth-order valence-corrected chi connectivity index (χ4v) is 4.91. The normalized spacial score (nSPS) is 11.4. The van der Waals surface area contributed by atoms with Crippen LogP contribution in [0.2, 0.25) is 5.02 Å². The van der Waals surface area contributed by atoms with E-state index in [1.807, 2.05) is 38.1 Å². The summed E-state index contributed by atoms with van der Waals surface area (Å²) >= 11 is 7.33. The number of benzene rings is 2. The van der Waals surface area contributed by atoms with Gasteiger partial charge < -0.3 is 5.32 Å². The summed E-state index contributed by atoms with van der Waals surface area (Å²) in [6.07, 6.45) is 1.63. The minimum Gasteiger partial charge on any atom is -0.301 e. The van der Waals surface area contributed by atoms with Gasteiger partial charge in [-0.25, -0.2) is 8.42 Å². The van der Waals surface area contributed by atoms with Gasteiger partial charge in [-0.2, -0.15) is 0 Å². The summed E-state index contributed by atoms with van der Waals surface area (Å²) in [6.45, 7) is 3.99. The van der Waals surface area contributed by atoms with Crippen LogP contribution in [0.15, 0.2) is 42.5 Å². The second kappa shape index (κ2) is 9.76. The van der Waals surface area contributed by atoms with Gasteiger partial charge in [0.15, 0.2) is 0 Å². The Labute approximate surface area is 191 Å². The Balaban J connectivity index is 1.60. The number of aryl methyl sites for hydroxylation is 2. The lowest BCUT2D eigenvalue weighted by molar-refractivity contribution is -0.116. The smallest absolute Gasteiger partial charge is 0.232 e. The van der Waals surface area contributed by atoms with E-state index in [0.29, 0.717) is 22.3 Å². The number of hydrogen-bond donors (Lipinski definition) is 1. The molecule has 0 saturated carbocycles. The average Bonchev–Trinajstić information content (AvgIpc) is 3.15. The van der Waals surface area contributed by atoms with E-state index >= 15 is 0 Å².